The average Bonchev–Trinajstić information content (AvgIpc) is 2.94. The fourth-order valence-electron chi connectivity index (χ4n) is 2.17. The molecule has 2 aromatic heterocycles. The molecule has 0 aliphatic heterocycles. The average molecular weight is 310 g/mol. The largest absolute Gasteiger partial charge is 0.375 e. The standard InChI is InChI=1S/C16H14N4OS/c1-2-13(14-9-22-16(17)20-14)15(21)19-12-4-3-10-5-6-18-8-11(10)7-12/h2-9H,1H3,(H2,17,20)(H,19,21). The highest BCUT2D eigenvalue weighted by molar-refractivity contribution is 7.13. The van der Waals surface area contributed by atoms with E-state index in [9.17, 15) is 4.79 Å². The molecular weight excluding hydrogens is 296 g/mol. The van der Waals surface area contributed by atoms with E-state index in [1.54, 1.807) is 30.8 Å². The molecule has 0 unspecified atom stereocenters. The molecule has 1 amide bonds. The molecule has 0 bridgehead atoms. The van der Waals surface area contributed by atoms with Crippen LogP contribution in [0.4, 0.5) is 10.8 Å². The Labute approximate surface area is 131 Å². The van der Waals surface area contributed by atoms with Crippen LogP contribution in [0, 0.1) is 0 Å². The number of nitrogen functional groups attached to an aromatic ring is 1. The molecule has 1 aromatic carbocycles. The lowest BCUT2D eigenvalue weighted by atomic mass is 10.1. The summed E-state index contributed by atoms with van der Waals surface area (Å²) in [5.41, 5.74) is 7.43. The fourth-order valence-corrected chi connectivity index (χ4v) is 2.73. The molecule has 0 aliphatic rings. The summed E-state index contributed by atoms with van der Waals surface area (Å²) in [6.45, 7) is 1.80. The predicted molar refractivity (Wildman–Crippen MR) is 90.6 cm³/mol. The van der Waals surface area contributed by atoms with Gasteiger partial charge in [0.1, 0.15) is 0 Å². The molecule has 22 heavy (non-hydrogen) atoms. The van der Waals surface area contributed by atoms with Gasteiger partial charge in [0, 0.05) is 28.8 Å². The molecule has 0 atom stereocenters. The topological polar surface area (TPSA) is 80.9 Å². The summed E-state index contributed by atoms with van der Waals surface area (Å²) in [5.74, 6) is -0.212. The Hall–Kier alpha value is -2.73. The van der Waals surface area contributed by atoms with Crippen LogP contribution < -0.4 is 11.1 Å². The number of aromatic nitrogens is 2. The van der Waals surface area contributed by atoms with E-state index in [2.05, 4.69) is 15.3 Å². The Morgan fingerprint density at radius 3 is 2.91 bits per heavy atom. The summed E-state index contributed by atoms with van der Waals surface area (Å²) in [5, 5.41) is 7.15. The van der Waals surface area contributed by atoms with Crippen molar-refractivity contribution in [1.82, 2.24) is 9.97 Å². The van der Waals surface area contributed by atoms with Crippen molar-refractivity contribution < 1.29 is 4.79 Å². The summed E-state index contributed by atoms with van der Waals surface area (Å²) < 4.78 is 0. The van der Waals surface area contributed by atoms with Crippen LogP contribution in [0.3, 0.4) is 0 Å². The Morgan fingerprint density at radius 2 is 2.18 bits per heavy atom. The zero-order chi connectivity index (χ0) is 15.5. The van der Waals surface area contributed by atoms with Gasteiger partial charge in [-0.15, -0.1) is 11.3 Å². The van der Waals surface area contributed by atoms with E-state index in [0.29, 0.717) is 22.1 Å². The minimum Gasteiger partial charge on any atom is -0.375 e. The quantitative estimate of drug-likeness (QED) is 0.727. The normalized spacial score (nSPS) is 11.6. The van der Waals surface area contributed by atoms with E-state index in [1.807, 2.05) is 24.3 Å². The molecule has 2 heterocycles. The van der Waals surface area contributed by atoms with Gasteiger partial charge in [0.05, 0.1) is 11.3 Å². The molecule has 0 spiro atoms. The van der Waals surface area contributed by atoms with E-state index < -0.39 is 0 Å². The molecule has 6 heteroatoms. The van der Waals surface area contributed by atoms with Gasteiger partial charge in [-0.05, 0) is 30.5 Å². The molecule has 0 radical (unpaired) electrons. The molecular formula is C16H14N4OS. The zero-order valence-corrected chi connectivity index (χ0v) is 12.7. The van der Waals surface area contributed by atoms with Gasteiger partial charge in [-0.1, -0.05) is 12.1 Å². The Morgan fingerprint density at radius 1 is 1.32 bits per heavy atom. The number of anilines is 2. The van der Waals surface area contributed by atoms with Crippen molar-refractivity contribution in [2.75, 3.05) is 11.1 Å². The number of hydrogen-bond acceptors (Lipinski definition) is 5. The van der Waals surface area contributed by atoms with Gasteiger partial charge < -0.3 is 11.1 Å². The monoisotopic (exact) mass is 310 g/mol. The van der Waals surface area contributed by atoms with Crippen LogP contribution in [-0.2, 0) is 4.79 Å². The van der Waals surface area contributed by atoms with Crippen LogP contribution in [0.25, 0.3) is 16.3 Å². The molecule has 0 aliphatic carbocycles. The second-order valence-electron chi connectivity index (χ2n) is 4.67. The lowest BCUT2D eigenvalue weighted by Gasteiger charge is -2.08. The van der Waals surface area contributed by atoms with Gasteiger partial charge in [-0.3, -0.25) is 9.78 Å². The van der Waals surface area contributed by atoms with Crippen molar-refractivity contribution in [3.63, 3.8) is 0 Å². The van der Waals surface area contributed by atoms with Crippen molar-refractivity contribution in [3.05, 3.63) is 53.8 Å². The number of nitrogens with two attached hydrogens (primary N) is 1. The summed E-state index contributed by atoms with van der Waals surface area (Å²) in [6.07, 6.45) is 5.24. The van der Waals surface area contributed by atoms with Crippen LogP contribution in [0.5, 0.6) is 0 Å². The van der Waals surface area contributed by atoms with E-state index in [4.69, 9.17) is 5.73 Å². The van der Waals surface area contributed by atoms with E-state index in [-0.39, 0.29) is 5.91 Å². The van der Waals surface area contributed by atoms with Crippen molar-refractivity contribution in [3.8, 4) is 0 Å². The number of carbonyl (C=O) groups is 1. The SMILES string of the molecule is CC=C(C(=O)Nc1ccc2ccncc2c1)c1csc(N)n1. The third-order valence-electron chi connectivity index (χ3n) is 3.23. The summed E-state index contributed by atoms with van der Waals surface area (Å²) in [7, 11) is 0. The van der Waals surface area contributed by atoms with Crippen LogP contribution in [-0.4, -0.2) is 15.9 Å². The third-order valence-corrected chi connectivity index (χ3v) is 3.90. The second kappa shape index (κ2) is 5.95. The number of nitrogens with one attached hydrogen (secondary N) is 1. The van der Waals surface area contributed by atoms with Crippen molar-refractivity contribution >= 4 is 44.4 Å². The van der Waals surface area contributed by atoms with E-state index in [1.165, 1.54) is 11.3 Å². The van der Waals surface area contributed by atoms with Crippen molar-refractivity contribution in [1.29, 1.82) is 0 Å². The first-order chi connectivity index (χ1) is 10.7. The summed E-state index contributed by atoms with van der Waals surface area (Å²) in [4.78, 5) is 20.7. The highest BCUT2D eigenvalue weighted by Gasteiger charge is 2.14. The van der Waals surface area contributed by atoms with Gasteiger partial charge in [0.2, 0.25) is 0 Å². The number of rotatable bonds is 3. The van der Waals surface area contributed by atoms with Gasteiger partial charge in [0.25, 0.3) is 5.91 Å². The lowest BCUT2D eigenvalue weighted by Crippen LogP contribution is -2.13. The number of benzene rings is 1. The lowest BCUT2D eigenvalue weighted by molar-refractivity contribution is -0.111. The smallest absolute Gasteiger partial charge is 0.257 e. The first-order valence-corrected chi connectivity index (χ1v) is 7.58. The summed E-state index contributed by atoms with van der Waals surface area (Å²) in [6, 6.07) is 7.63. The Balaban J connectivity index is 1.85. The number of carbonyl (C=O) groups excluding carboxylic acids is 1. The number of pyridine rings is 1. The number of nitrogens with zero attached hydrogens (tertiary/aromatic N) is 2. The van der Waals surface area contributed by atoms with E-state index >= 15 is 0 Å². The first-order valence-electron chi connectivity index (χ1n) is 6.70. The van der Waals surface area contributed by atoms with Crippen LogP contribution >= 0.6 is 11.3 Å². The highest BCUT2D eigenvalue weighted by Crippen LogP contribution is 2.22. The highest BCUT2D eigenvalue weighted by atomic mass is 32.1. The Kier molecular flexibility index (Phi) is 3.84. The maximum Gasteiger partial charge on any atom is 0.257 e. The molecule has 0 saturated carbocycles. The maximum absolute atomic E-state index is 12.4. The number of thiazole rings is 1. The number of amides is 1. The maximum atomic E-state index is 12.4. The van der Waals surface area contributed by atoms with Crippen LogP contribution in [0.2, 0.25) is 0 Å². The minimum atomic E-state index is -0.212. The van der Waals surface area contributed by atoms with Crippen molar-refractivity contribution in [2.45, 2.75) is 6.92 Å². The van der Waals surface area contributed by atoms with Gasteiger partial charge in [-0.2, -0.15) is 0 Å². The van der Waals surface area contributed by atoms with E-state index in [0.717, 1.165) is 10.8 Å². The molecule has 3 N–H and O–H groups in total. The molecule has 3 aromatic rings. The zero-order valence-electron chi connectivity index (χ0n) is 11.9. The minimum absolute atomic E-state index is 0.212. The molecule has 3 rings (SSSR count). The van der Waals surface area contributed by atoms with Crippen molar-refractivity contribution in [2.24, 2.45) is 0 Å². The molecule has 110 valence electrons. The second-order valence-corrected chi connectivity index (χ2v) is 5.55. The van der Waals surface area contributed by atoms with Gasteiger partial charge in [0.15, 0.2) is 5.13 Å². The van der Waals surface area contributed by atoms with Crippen LogP contribution in [0.15, 0.2) is 48.1 Å². The number of fused-ring (bicyclic) bond motifs is 1. The first kappa shape index (κ1) is 14.2. The van der Waals surface area contributed by atoms with Gasteiger partial charge >= 0.3 is 0 Å². The number of hydrogen-bond donors (Lipinski definition) is 2. The Bertz CT molecular complexity index is 869. The molecule has 5 nitrogen and oxygen atoms in total. The summed E-state index contributed by atoms with van der Waals surface area (Å²) >= 11 is 1.31. The third kappa shape index (κ3) is 2.82. The van der Waals surface area contributed by atoms with Gasteiger partial charge in [-0.25, -0.2) is 4.98 Å². The molecule has 0 saturated heterocycles. The molecule has 0 fully saturated rings. The predicted octanol–water partition coefficient (Wildman–Crippen LogP) is 3.32. The fraction of sp³-hybridized carbons (Fsp3) is 0.0625. The number of allylic oxidation sites excluding steroid dienone is 1. The van der Waals surface area contributed by atoms with Crippen LogP contribution in [0.1, 0.15) is 12.6 Å².